The van der Waals surface area contributed by atoms with Crippen molar-refractivity contribution in [3.63, 3.8) is 0 Å². The van der Waals surface area contributed by atoms with E-state index in [2.05, 4.69) is 10.6 Å². The highest BCUT2D eigenvalue weighted by atomic mass is 16.5. The zero-order valence-electron chi connectivity index (χ0n) is 18.2. The van der Waals surface area contributed by atoms with Crippen molar-refractivity contribution in [1.29, 1.82) is 0 Å². The molecule has 1 rings (SSSR count). The lowest BCUT2D eigenvalue weighted by Gasteiger charge is -2.17. The van der Waals surface area contributed by atoms with Crippen LogP contribution < -0.4 is 15.4 Å². The van der Waals surface area contributed by atoms with Crippen molar-refractivity contribution in [3.05, 3.63) is 47.6 Å². The maximum Gasteiger partial charge on any atom is 0.328 e. The Morgan fingerprint density at radius 2 is 1.83 bits per heavy atom. The highest BCUT2D eigenvalue weighted by Gasteiger charge is 2.21. The van der Waals surface area contributed by atoms with Crippen LogP contribution in [-0.4, -0.2) is 44.1 Å². The lowest BCUT2D eigenvalue weighted by atomic mass is 10.1. The van der Waals surface area contributed by atoms with Gasteiger partial charge in [0.1, 0.15) is 11.8 Å². The molecule has 0 fully saturated rings. The standard InChI is InChI=1S/C23H32N2O5/c1-5-17(3)22(27)25-20(23(28)30-6-2)9-7-8-16-24-21(26)15-12-18-10-13-19(29-4)14-11-18/h5,10-15,20H,6-9,16H2,1-4H3,(H,24,26)(H,25,27)/b15-12+,17-5+/t20-/m0/s1. The molecule has 2 amide bonds. The van der Waals surface area contributed by atoms with Gasteiger partial charge in [-0.1, -0.05) is 18.2 Å². The van der Waals surface area contributed by atoms with Gasteiger partial charge in [0.25, 0.3) is 0 Å². The Labute approximate surface area is 178 Å². The first-order chi connectivity index (χ1) is 14.4. The molecule has 164 valence electrons. The first kappa shape index (κ1) is 24.9. The fraction of sp³-hybridized carbons (Fsp3) is 0.435. The van der Waals surface area contributed by atoms with Crippen molar-refractivity contribution in [2.45, 2.75) is 46.1 Å². The van der Waals surface area contributed by atoms with E-state index in [1.165, 1.54) is 6.08 Å². The van der Waals surface area contributed by atoms with Crippen LogP contribution in [0.3, 0.4) is 0 Å². The molecule has 0 spiro atoms. The van der Waals surface area contributed by atoms with Crippen LogP contribution in [0.5, 0.6) is 5.75 Å². The number of allylic oxidation sites excluding steroid dienone is 1. The molecule has 1 atom stereocenters. The number of esters is 1. The van der Waals surface area contributed by atoms with Crippen molar-refractivity contribution >= 4 is 23.9 Å². The van der Waals surface area contributed by atoms with E-state index in [9.17, 15) is 14.4 Å². The first-order valence-corrected chi connectivity index (χ1v) is 10.1. The number of carbonyl (C=O) groups excluding carboxylic acids is 3. The molecule has 0 unspecified atom stereocenters. The molecule has 0 aromatic heterocycles. The molecule has 30 heavy (non-hydrogen) atoms. The zero-order chi connectivity index (χ0) is 22.4. The lowest BCUT2D eigenvalue weighted by Crippen LogP contribution is -2.42. The number of unbranched alkanes of at least 4 members (excludes halogenated alkanes) is 1. The smallest absolute Gasteiger partial charge is 0.328 e. The van der Waals surface area contributed by atoms with Crippen molar-refractivity contribution in [2.75, 3.05) is 20.3 Å². The second-order valence-corrected chi connectivity index (χ2v) is 6.64. The topological polar surface area (TPSA) is 93.7 Å². The molecule has 1 aromatic carbocycles. The molecule has 7 nitrogen and oxygen atoms in total. The molecule has 0 aliphatic rings. The Hall–Kier alpha value is -3.09. The SMILES string of the molecule is C/C=C(\C)C(=O)N[C@@H](CCCCNC(=O)/C=C/c1ccc(OC)cc1)C(=O)OCC. The van der Waals surface area contributed by atoms with Gasteiger partial charge >= 0.3 is 5.97 Å². The number of hydrogen-bond donors (Lipinski definition) is 2. The van der Waals surface area contributed by atoms with E-state index in [4.69, 9.17) is 9.47 Å². The third-order valence-electron chi connectivity index (χ3n) is 4.43. The van der Waals surface area contributed by atoms with E-state index in [1.807, 2.05) is 24.3 Å². The summed E-state index contributed by atoms with van der Waals surface area (Å²) in [6, 6.07) is 6.68. The van der Waals surface area contributed by atoms with Crippen molar-refractivity contribution in [1.82, 2.24) is 10.6 Å². The molecule has 2 N–H and O–H groups in total. The molecule has 0 saturated carbocycles. The maximum absolute atomic E-state index is 12.1. The van der Waals surface area contributed by atoms with E-state index in [0.717, 1.165) is 11.3 Å². The summed E-state index contributed by atoms with van der Waals surface area (Å²) in [6.45, 7) is 5.91. The van der Waals surface area contributed by atoms with Gasteiger partial charge in [0.15, 0.2) is 0 Å². The van der Waals surface area contributed by atoms with Crippen LogP contribution >= 0.6 is 0 Å². The third kappa shape index (κ3) is 9.41. The number of methoxy groups -OCH3 is 1. The maximum atomic E-state index is 12.1. The van der Waals surface area contributed by atoms with Crippen LogP contribution in [-0.2, 0) is 19.1 Å². The molecule has 0 bridgehead atoms. The Bertz CT molecular complexity index is 753. The summed E-state index contributed by atoms with van der Waals surface area (Å²) < 4.78 is 10.1. The Balaban J connectivity index is 2.40. The van der Waals surface area contributed by atoms with Gasteiger partial charge in [-0.2, -0.15) is 0 Å². The Morgan fingerprint density at radius 3 is 2.43 bits per heavy atom. The average Bonchev–Trinajstić information content (AvgIpc) is 2.76. The second kappa shape index (κ2) is 14.0. The number of benzene rings is 1. The van der Waals surface area contributed by atoms with Gasteiger partial charge in [-0.05, 0) is 63.8 Å². The van der Waals surface area contributed by atoms with Crippen molar-refractivity contribution < 1.29 is 23.9 Å². The summed E-state index contributed by atoms with van der Waals surface area (Å²) in [6.07, 6.45) is 6.66. The number of carbonyl (C=O) groups is 3. The van der Waals surface area contributed by atoms with Crippen LogP contribution in [0.4, 0.5) is 0 Å². The number of amides is 2. The van der Waals surface area contributed by atoms with E-state index in [1.54, 1.807) is 40.0 Å². The molecule has 0 radical (unpaired) electrons. The van der Waals surface area contributed by atoms with Gasteiger partial charge < -0.3 is 20.1 Å². The van der Waals surface area contributed by atoms with E-state index in [0.29, 0.717) is 31.4 Å². The normalized spacial score (nSPS) is 12.3. The Morgan fingerprint density at radius 1 is 1.13 bits per heavy atom. The molecule has 7 heteroatoms. The second-order valence-electron chi connectivity index (χ2n) is 6.64. The number of hydrogen-bond acceptors (Lipinski definition) is 5. The van der Waals surface area contributed by atoms with Crippen LogP contribution in [0.15, 0.2) is 42.0 Å². The predicted molar refractivity (Wildman–Crippen MR) is 117 cm³/mol. The summed E-state index contributed by atoms with van der Waals surface area (Å²) in [4.78, 5) is 36.0. The highest BCUT2D eigenvalue weighted by molar-refractivity contribution is 5.95. The summed E-state index contributed by atoms with van der Waals surface area (Å²) in [5, 5.41) is 5.52. The van der Waals surface area contributed by atoms with Gasteiger partial charge in [0.2, 0.25) is 11.8 Å². The fourth-order valence-electron chi connectivity index (χ4n) is 2.53. The molecule has 0 heterocycles. The molecule has 0 aliphatic heterocycles. The molecule has 1 aromatic rings. The van der Waals surface area contributed by atoms with Crippen molar-refractivity contribution in [3.8, 4) is 5.75 Å². The quantitative estimate of drug-likeness (QED) is 0.310. The first-order valence-electron chi connectivity index (χ1n) is 10.1. The Kier molecular flexibility index (Phi) is 11.6. The van der Waals surface area contributed by atoms with Gasteiger partial charge in [0, 0.05) is 18.2 Å². The highest BCUT2D eigenvalue weighted by Crippen LogP contribution is 2.12. The van der Waals surface area contributed by atoms with Gasteiger partial charge in [-0.25, -0.2) is 4.79 Å². The van der Waals surface area contributed by atoms with Crippen LogP contribution in [0.25, 0.3) is 6.08 Å². The van der Waals surface area contributed by atoms with E-state index < -0.39 is 12.0 Å². The summed E-state index contributed by atoms with van der Waals surface area (Å²) >= 11 is 0. The predicted octanol–water partition coefficient (Wildman–Crippen LogP) is 3.01. The van der Waals surface area contributed by atoms with Crippen LogP contribution in [0.1, 0.15) is 45.6 Å². The van der Waals surface area contributed by atoms with Crippen molar-refractivity contribution in [2.24, 2.45) is 0 Å². The van der Waals surface area contributed by atoms with Gasteiger partial charge in [0.05, 0.1) is 13.7 Å². The zero-order valence-corrected chi connectivity index (χ0v) is 18.2. The molecule has 0 aliphatic carbocycles. The minimum absolute atomic E-state index is 0.190. The number of ether oxygens (including phenoxy) is 2. The molecule has 0 saturated heterocycles. The average molecular weight is 417 g/mol. The molecular weight excluding hydrogens is 384 g/mol. The summed E-state index contributed by atoms with van der Waals surface area (Å²) in [7, 11) is 1.60. The van der Waals surface area contributed by atoms with Gasteiger partial charge in [-0.3, -0.25) is 9.59 Å². The molecular formula is C23H32N2O5. The fourth-order valence-corrected chi connectivity index (χ4v) is 2.53. The van der Waals surface area contributed by atoms with Crippen LogP contribution in [0.2, 0.25) is 0 Å². The van der Waals surface area contributed by atoms with E-state index >= 15 is 0 Å². The number of nitrogens with one attached hydrogen (secondary N) is 2. The van der Waals surface area contributed by atoms with Gasteiger partial charge in [-0.15, -0.1) is 0 Å². The minimum Gasteiger partial charge on any atom is -0.497 e. The largest absolute Gasteiger partial charge is 0.497 e. The van der Waals surface area contributed by atoms with E-state index in [-0.39, 0.29) is 18.4 Å². The third-order valence-corrected chi connectivity index (χ3v) is 4.43. The summed E-state index contributed by atoms with van der Waals surface area (Å²) in [5.74, 6) is -0.159. The van der Waals surface area contributed by atoms with Crippen LogP contribution in [0, 0.1) is 0 Å². The minimum atomic E-state index is -0.696. The monoisotopic (exact) mass is 416 g/mol. The lowest BCUT2D eigenvalue weighted by molar-refractivity contribution is -0.147. The summed E-state index contributed by atoms with van der Waals surface area (Å²) in [5.41, 5.74) is 1.44. The number of rotatable bonds is 12.